The number of nitrogens with zero attached hydrogens (tertiary/aromatic N) is 2. The lowest BCUT2D eigenvalue weighted by molar-refractivity contribution is -0.205. The van der Waals surface area contributed by atoms with Gasteiger partial charge >= 0.3 is 11.9 Å². The molecule has 9 atom stereocenters. The van der Waals surface area contributed by atoms with E-state index in [1.807, 2.05) is 0 Å². The van der Waals surface area contributed by atoms with Crippen LogP contribution < -0.4 is 11.1 Å². The average Bonchev–Trinajstić information content (AvgIpc) is 3.12. The lowest BCUT2D eigenvalue weighted by atomic mass is 9.92. The summed E-state index contributed by atoms with van der Waals surface area (Å²) < 4.78 is 20.9. The van der Waals surface area contributed by atoms with Crippen molar-refractivity contribution in [2.45, 2.75) is 106 Å². The van der Waals surface area contributed by atoms with Crippen molar-refractivity contribution in [3.05, 3.63) is 22.1 Å². The summed E-state index contributed by atoms with van der Waals surface area (Å²) in [6.45, 7) is 2.92. The molecule has 3 rings (SSSR count). The first-order valence-electron chi connectivity index (χ1n) is 13.5. The summed E-state index contributed by atoms with van der Waals surface area (Å²) in [5.41, 5.74) is -0.863. The van der Waals surface area contributed by atoms with E-state index >= 15 is 0 Å². The van der Waals surface area contributed by atoms with E-state index in [1.165, 1.54) is 11.8 Å². The van der Waals surface area contributed by atoms with Gasteiger partial charge in [-0.3, -0.25) is 9.69 Å². The maximum Gasteiger partial charge on any atom is 0.519 e. The van der Waals surface area contributed by atoms with Crippen molar-refractivity contribution in [1.29, 1.82) is 5.26 Å². The van der Waals surface area contributed by atoms with E-state index in [4.69, 9.17) is 35.2 Å². The standard InChI is InChI=1S/C26H38ClN3O10S/c1-13(27)18(22-20(32)19(31)21(33)24(40-22)41-3)29-23(34)16-8-7-15(6-4-5-10-28)9-11-30(16)25(35)37-12-17-14(2)38-26(36)39-17/h13,15-16,18-22,24,31-33H,4-9,11-12H2,1-3H3,(H,29,34). The van der Waals surface area contributed by atoms with Crippen LogP contribution in [-0.2, 0) is 20.9 Å². The van der Waals surface area contributed by atoms with Crippen molar-refractivity contribution in [3.63, 3.8) is 0 Å². The molecular weight excluding hydrogens is 582 g/mol. The van der Waals surface area contributed by atoms with Crippen LogP contribution in [0.1, 0.15) is 57.0 Å². The number of amides is 2. The molecule has 2 amide bonds. The van der Waals surface area contributed by atoms with Gasteiger partial charge in [0.15, 0.2) is 18.1 Å². The molecule has 1 aromatic rings. The summed E-state index contributed by atoms with van der Waals surface area (Å²) in [4.78, 5) is 39.6. The molecule has 0 aromatic carbocycles. The van der Waals surface area contributed by atoms with Crippen LogP contribution in [0.15, 0.2) is 13.6 Å². The number of alkyl halides is 1. The van der Waals surface area contributed by atoms with Crippen molar-refractivity contribution < 1.29 is 43.2 Å². The molecule has 2 saturated heterocycles. The molecule has 4 N–H and O–H groups in total. The summed E-state index contributed by atoms with van der Waals surface area (Å²) >= 11 is 7.57. The minimum atomic E-state index is -1.53. The summed E-state index contributed by atoms with van der Waals surface area (Å²) in [7, 11) is 0. The molecule has 3 heterocycles. The highest BCUT2D eigenvalue weighted by Gasteiger charge is 2.48. The zero-order valence-electron chi connectivity index (χ0n) is 23.2. The zero-order valence-corrected chi connectivity index (χ0v) is 24.8. The number of thioether (sulfide) groups is 1. The van der Waals surface area contributed by atoms with Crippen LogP contribution in [0.25, 0.3) is 0 Å². The Balaban J connectivity index is 1.79. The summed E-state index contributed by atoms with van der Waals surface area (Å²) in [6, 6.07) is 0.182. The highest BCUT2D eigenvalue weighted by molar-refractivity contribution is 7.99. The summed E-state index contributed by atoms with van der Waals surface area (Å²) in [5.74, 6) is -1.07. The van der Waals surface area contributed by atoms with Crippen LogP contribution in [0.2, 0.25) is 0 Å². The summed E-state index contributed by atoms with van der Waals surface area (Å²) in [6.07, 6.45) is -1.28. The largest absolute Gasteiger partial charge is 0.519 e. The maximum atomic E-state index is 13.7. The van der Waals surface area contributed by atoms with Gasteiger partial charge in [0, 0.05) is 13.0 Å². The van der Waals surface area contributed by atoms with Crippen LogP contribution in [0.4, 0.5) is 4.79 Å². The van der Waals surface area contributed by atoms with E-state index in [9.17, 15) is 29.7 Å². The first kappa shape index (κ1) is 33.2. The second-order valence-corrected chi connectivity index (χ2v) is 12.0. The lowest BCUT2D eigenvalue weighted by Gasteiger charge is -2.44. The molecule has 2 aliphatic rings. The van der Waals surface area contributed by atoms with Gasteiger partial charge < -0.3 is 38.9 Å². The smallest absolute Gasteiger partial charge is 0.441 e. The Hall–Kier alpha value is -2.28. The van der Waals surface area contributed by atoms with Crippen molar-refractivity contribution in [2.24, 2.45) is 5.92 Å². The van der Waals surface area contributed by atoms with Crippen molar-refractivity contribution >= 4 is 35.4 Å². The number of aliphatic hydroxyl groups is 3. The number of aryl methyl sites for hydroxylation is 1. The third-order valence-corrected chi connectivity index (χ3v) is 8.73. The monoisotopic (exact) mass is 619 g/mol. The number of halogens is 1. The van der Waals surface area contributed by atoms with Crippen molar-refractivity contribution in [1.82, 2.24) is 10.2 Å². The van der Waals surface area contributed by atoms with Gasteiger partial charge in [-0.15, -0.1) is 23.4 Å². The fourth-order valence-corrected chi connectivity index (χ4v) is 6.11. The second-order valence-electron chi connectivity index (χ2n) is 10.4. The molecule has 0 saturated carbocycles. The third kappa shape index (κ3) is 8.39. The quantitative estimate of drug-likeness (QED) is 0.218. The molecule has 2 fully saturated rings. The lowest BCUT2D eigenvalue weighted by Crippen LogP contribution is -2.65. The van der Waals surface area contributed by atoms with E-state index in [0.29, 0.717) is 32.1 Å². The SMILES string of the molecule is CSC1OC(C(NC(=O)C2CCC(CCCC#N)CCN2C(=O)OCc2oc(=O)oc2C)C(C)Cl)C(O)C(O)C1O. The fraction of sp³-hybridized carbons (Fsp3) is 0.769. The molecule has 13 nitrogen and oxygen atoms in total. The van der Waals surface area contributed by atoms with Crippen LogP contribution in [0, 0.1) is 24.2 Å². The minimum absolute atomic E-state index is 0.0529. The topological polar surface area (TPSA) is 196 Å². The number of hydrogen-bond acceptors (Lipinski definition) is 12. The van der Waals surface area contributed by atoms with Gasteiger partial charge in [0.05, 0.1) is 17.5 Å². The van der Waals surface area contributed by atoms with Gasteiger partial charge in [0.25, 0.3) is 0 Å². The number of aliphatic hydroxyl groups excluding tert-OH is 3. The Bertz CT molecular complexity index is 1120. The number of likely N-dealkylation sites (tertiary alicyclic amines) is 1. The predicted octanol–water partition coefficient (Wildman–Crippen LogP) is 1.63. The second kappa shape index (κ2) is 15.3. The Morgan fingerprint density at radius 2 is 1.95 bits per heavy atom. The highest BCUT2D eigenvalue weighted by atomic mass is 35.5. The molecule has 1 aromatic heterocycles. The van der Waals surface area contributed by atoms with Crippen molar-refractivity contribution in [2.75, 3.05) is 12.8 Å². The van der Waals surface area contributed by atoms with E-state index in [-0.39, 0.29) is 30.6 Å². The number of ether oxygens (including phenoxy) is 2. The van der Waals surface area contributed by atoms with Crippen LogP contribution in [-0.4, -0.2) is 92.3 Å². The van der Waals surface area contributed by atoms with Crippen LogP contribution in [0.5, 0.6) is 0 Å². The molecule has 15 heteroatoms. The van der Waals surface area contributed by atoms with Gasteiger partial charge in [-0.25, -0.2) is 9.59 Å². The number of hydrogen-bond donors (Lipinski definition) is 4. The number of carbonyl (C=O) groups excluding carboxylic acids is 2. The summed E-state index contributed by atoms with van der Waals surface area (Å²) in [5, 5.41) is 42.3. The van der Waals surface area contributed by atoms with Crippen LogP contribution >= 0.6 is 23.4 Å². The third-order valence-electron chi connectivity index (χ3n) is 7.60. The number of unbranched alkanes of at least 4 members (excludes halogenated alkanes) is 1. The zero-order chi connectivity index (χ0) is 30.3. The average molecular weight is 620 g/mol. The first-order chi connectivity index (χ1) is 19.5. The fourth-order valence-electron chi connectivity index (χ4n) is 5.22. The molecule has 230 valence electrons. The van der Waals surface area contributed by atoms with Gasteiger partial charge in [-0.2, -0.15) is 5.26 Å². The first-order valence-corrected chi connectivity index (χ1v) is 15.3. The Morgan fingerprint density at radius 1 is 1.22 bits per heavy atom. The van der Waals surface area contributed by atoms with Gasteiger partial charge in [0.1, 0.15) is 35.9 Å². The molecule has 0 aliphatic carbocycles. The van der Waals surface area contributed by atoms with E-state index in [2.05, 4.69) is 11.4 Å². The van der Waals surface area contributed by atoms with Gasteiger partial charge in [0.2, 0.25) is 5.91 Å². The number of rotatable bonds is 10. The predicted molar refractivity (Wildman–Crippen MR) is 147 cm³/mol. The molecule has 2 aliphatic heterocycles. The number of nitrogens with one attached hydrogen (secondary N) is 1. The maximum absolute atomic E-state index is 13.7. The van der Waals surface area contributed by atoms with E-state index < -0.39 is 65.1 Å². The Labute approximate surface area is 247 Å². The molecule has 9 unspecified atom stereocenters. The molecule has 0 spiro atoms. The van der Waals surface area contributed by atoms with Gasteiger partial charge in [-0.1, -0.05) is 0 Å². The Kier molecular flexibility index (Phi) is 12.4. The Morgan fingerprint density at radius 3 is 2.56 bits per heavy atom. The molecule has 0 radical (unpaired) electrons. The molecular formula is C26H38ClN3O10S. The van der Waals surface area contributed by atoms with Gasteiger partial charge in [-0.05, 0) is 58.1 Å². The normalized spacial score (nSPS) is 30.1. The van der Waals surface area contributed by atoms with E-state index in [0.717, 1.165) is 18.2 Å². The number of nitriles is 1. The molecule has 41 heavy (non-hydrogen) atoms. The number of carbonyl (C=O) groups is 2. The van der Waals surface area contributed by atoms with Crippen LogP contribution in [0.3, 0.4) is 0 Å². The highest BCUT2D eigenvalue weighted by Crippen LogP contribution is 2.31. The van der Waals surface area contributed by atoms with E-state index in [1.54, 1.807) is 13.2 Å². The minimum Gasteiger partial charge on any atom is -0.441 e. The molecule has 0 bridgehead atoms. The van der Waals surface area contributed by atoms with Crippen molar-refractivity contribution in [3.8, 4) is 6.07 Å².